The van der Waals surface area contributed by atoms with Gasteiger partial charge in [-0.25, -0.2) is 0 Å². The summed E-state index contributed by atoms with van der Waals surface area (Å²) >= 11 is 1.33. The van der Waals surface area contributed by atoms with E-state index in [1.807, 2.05) is 0 Å². The zero-order valence-corrected chi connectivity index (χ0v) is 10.8. The topological polar surface area (TPSA) is 80.9 Å². The summed E-state index contributed by atoms with van der Waals surface area (Å²) in [6, 6.07) is 3.45. The normalized spacial score (nSPS) is 11.8. The Hall–Kier alpha value is -0.395. The summed E-state index contributed by atoms with van der Waals surface area (Å²) in [4.78, 5) is 0. The third-order valence-electron chi connectivity index (χ3n) is 2.29. The van der Waals surface area contributed by atoms with Crippen LogP contribution in [0.15, 0.2) is 17.5 Å². The maximum absolute atomic E-state index is 9.10. The zero-order valence-electron chi connectivity index (χ0n) is 10.0. The van der Waals surface area contributed by atoms with Crippen molar-refractivity contribution in [2.75, 3.05) is 0 Å². The molecule has 0 saturated heterocycles. The number of thiophene rings is 1. The van der Waals surface area contributed by atoms with E-state index in [4.69, 9.17) is 20.3 Å². The first kappa shape index (κ1) is 15.6. The molecule has 1 heterocycles. The molecule has 0 amide bonds. The fourth-order valence-corrected chi connectivity index (χ4v) is 1.03. The fraction of sp³-hybridized carbons (Fsp3) is 0.600. The molecule has 0 aliphatic rings. The van der Waals surface area contributed by atoms with Gasteiger partial charge in [0.1, 0.15) is 0 Å². The number of hydrogen-bond acceptors (Lipinski definition) is 5. The second kappa shape index (κ2) is 5.79. The molecule has 0 aliphatic carbocycles. The van der Waals surface area contributed by atoms with Gasteiger partial charge in [-0.3, -0.25) is 0 Å². The Bertz CT molecular complexity index is 273. The molecule has 92 valence electrons. The molecular weight excluding hydrogens is 227 g/mol. The van der Waals surface area contributed by atoms with Crippen molar-refractivity contribution in [3.63, 3.8) is 0 Å². The Kier molecular flexibility index (Phi) is 5.65. The number of hydrogen-bond donors (Lipinski definition) is 4. The van der Waals surface area contributed by atoms with E-state index >= 15 is 0 Å². The van der Waals surface area contributed by atoms with Crippen LogP contribution in [0.25, 0.3) is 0 Å². The highest BCUT2D eigenvalue weighted by atomic mass is 32.1. The minimum absolute atomic E-state index is 0.588. The molecule has 16 heavy (non-hydrogen) atoms. The van der Waals surface area contributed by atoms with E-state index in [1.165, 1.54) is 11.3 Å². The van der Waals surface area contributed by atoms with E-state index in [-0.39, 0.29) is 0 Å². The zero-order chi connectivity index (χ0) is 13.0. The summed E-state index contributed by atoms with van der Waals surface area (Å²) in [6.07, 6.45) is 0. The Morgan fingerprint density at radius 1 is 1.06 bits per heavy atom. The van der Waals surface area contributed by atoms with Gasteiger partial charge in [0.25, 0.3) is 0 Å². The lowest BCUT2D eigenvalue weighted by atomic mass is 9.90. The van der Waals surface area contributed by atoms with Crippen LogP contribution in [0.4, 0.5) is 0 Å². The smallest absolute Gasteiger partial charge is 0.423 e. The Balaban J connectivity index is 0.000000281. The molecule has 0 radical (unpaired) electrons. The van der Waals surface area contributed by atoms with Crippen LogP contribution in [0, 0.1) is 0 Å². The summed E-state index contributed by atoms with van der Waals surface area (Å²) in [7, 11) is -1.30. The van der Waals surface area contributed by atoms with Gasteiger partial charge in [0.2, 0.25) is 0 Å². The second-order valence-corrected chi connectivity index (χ2v) is 5.49. The summed E-state index contributed by atoms with van der Waals surface area (Å²) in [5.41, 5.74) is -2.01. The lowest BCUT2D eigenvalue weighted by molar-refractivity contribution is -0.107. The molecule has 0 atom stereocenters. The maximum atomic E-state index is 9.10. The van der Waals surface area contributed by atoms with Gasteiger partial charge in [0.15, 0.2) is 0 Å². The average molecular weight is 246 g/mol. The van der Waals surface area contributed by atoms with Crippen LogP contribution in [0.2, 0.25) is 0 Å². The molecule has 0 saturated carbocycles. The van der Waals surface area contributed by atoms with E-state index in [9.17, 15) is 0 Å². The van der Waals surface area contributed by atoms with Crippen LogP contribution >= 0.6 is 11.3 Å². The van der Waals surface area contributed by atoms with Gasteiger partial charge in [0.05, 0.1) is 11.2 Å². The van der Waals surface area contributed by atoms with Crippen molar-refractivity contribution >= 4 is 23.2 Å². The van der Waals surface area contributed by atoms with E-state index < -0.39 is 18.3 Å². The Morgan fingerprint density at radius 3 is 1.62 bits per heavy atom. The van der Waals surface area contributed by atoms with Gasteiger partial charge in [0, 0.05) is 4.78 Å². The first-order valence-electron chi connectivity index (χ1n) is 4.90. The average Bonchev–Trinajstić information content (AvgIpc) is 2.51. The summed E-state index contributed by atoms with van der Waals surface area (Å²) < 4.78 is 0.588. The lowest BCUT2D eigenvalue weighted by Crippen LogP contribution is -2.44. The third-order valence-corrected chi connectivity index (χ3v) is 3.21. The highest BCUT2D eigenvalue weighted by Gasteiger charge is 2.31. The van der Waals surface area contributed by atoms with Gasteiger partial charge in [-0.1, -0.05) is 12.1 Å². The van der Waals surface area contributed by atoms with Crippen LogP contribution in [0.5, 0.6) is 0 Å². The quantitative estimate of drug-likeness (QED) is 0.552. The van der Waals surface area contributed by atoms with E-state index in [0.717, 1.165) is 0 Å². The van der Waals surface area contributed by atoms with Crippen molar-refractivity contribution in [1.29, 1.82) is 0 Å². The number of rotatable bonds is 2. The molecule has 1 rings (SSSR count). The van der Waals surface area contributed by atoms with E-state index in [1.54, 1.807) is 45.2 Å². The predicted octanol–water partition coefficient (Wildman–Crippen LogP) is -0.0439. The molecule has 4 N–H and O–H groups in total. The van der Waals surface area contributed by atoms with Gasteiger partial charge in [-0.2, -0.15) is 11.3 Å². The highest BCUT2D eigenvalue weighted by Crippen LogP contribution is 2.19. The van der Waals surface area contributed by atoms with Crippen molar-refractivity contribution in [2.24, 2.45) is 0 Å². The molecule has 6 heteroatoms. The highest BCUT2D eigenvalue weighted by molar-refractivity contribution is 7.20. The molecule has 0 bridgehead atoms. The van der Waals surface area contributed by atoms with Crippen molar-refractivity contribution < 1.29 is 20.3 Å². The molecule has 0 fully saturated rings. The molecule has 0 aromatic carbocycles. The molecule has 4 nitrogen and oxygen atoms in total. The lowest BCUT2D eigenvalue weighted by Gasteiger charge is -2.31. The standard InChI is InChI=1S/C6H14O2.C4H5BO2S/c1-5(2,7)6(3,4)8;6-5(7)4-2-1-3-8-4/h7-8H,1-4H3;1-3,6-7H. The van der Waals surface area contributed by atoms with Gasteiger partial charge in [-0.05, 0) is 33.1 Å². The SMILES string of the molecule is CC(C)(O)C(C)(C)O.OB(O)c1cccs1. The molecule has 1 aromatic rings. The molecular formula is C10H19BO4S. The van der Waals surface area contributed by atoms with Crippen LogP contribution in [0.1, 0.15) is 27.7 Å². The van der Waals surface area contributed by atoms with Gasteiger partial charge >= 0.3 is 7.12 Å². The number of aliphatic hydroxyl groups is 2. The summed E-state index contributed by atoms with van der Waals surface area (Å²) in [6.45, 7) is 6.31. The van der Waals surface area contributed by atoms with Crippen LogP contribution in [-0.2, 0) is 0 Å². The molecule has 0 aliphatic heterocycles. The van der Waals surface area contributed by atoms with Crippen molar-refractivity contribution in [2.45, 2.75) is 38.9 Å². The van der Waals surface area contributed by atoms with Crippen LogP contribution in [-0.4, -0.2) is 38.6 Å². The first-order valence-corrected chi connectivity index (χ1v) is 5.78. The second-order valence-electron chi connectivity index (χ2n) is 4.51. The van der Waals surface area contributed by atoms with Gasteiger partial charge < -0.3 is 20.3 Å². The molecule has 0 spiro atoms. The predicted molar refractivity (Wildman–Crippen MR) is 66.7 cm³/mol. The Morgan fingerprint density at radius 2 is 1.50 bits per heavy atom. The van der Waals surface area contributed by atoms with Crippen molar-refractivity contribution in [1.82, 2.24) is 0 Å². The van der Waals surface area contributed by atoms with Crippen molar-refractivity contribution in [3.05, 3.63) is 17.5 Å². The minimum atomic E-state index is -1.30. The molecule has 1 aromatic heterocycles. The third kappa shape index (κ3) is 5.62. The Labute approximate surface area is 100 Å². The minimum Gasteiger partial charge on any atom is -0.423 e. The summed E-state index contributed by atoms with van der Waals surface area (Å²) in [5, 5.41) is 37.0. The van der Waals surface area contributed by atoms with E-state index in [2.05, 4.69) is 0 Å². The van der Waals surface area contributed by atoms with Crippen LogP contribution in [0.3, 0.4) is 0 Å². The van der Waals surface area contributed by atoms with Crippen LogP contribution < -0.4 is 4.78 Å². The monoisotopic (exact) mass is 246 g/mol. The fourth-order valence-electron chi connectivity index (χ4n) is 0.438. The first-order chi connectivity index (χ1) is 7.05. The maximum Gasteiger partial charge on any atom is 0.499 e. The largest absolute Gasteiger partial charge is 0.499 e. The van der Waals surface area contributed by atoms with Gasteiger partial charge in [-0.15, -0.1) is 0 Å². The molecule has 0 unspecified atom stereocenters. The summed E-state index contributed by atoms with van der Waals surface area (Å²) in [5.74, 6) is 0. The van der Waals surface area contributed by atoms with Crippen molar-refractivity contribution in [3.8, 4) is 0 Å². The van der Waals surface area contributed by atoms with E-state index in [0.29, 0.717) is 4.78 Å².